The van der Waals surface area contributed by atoms with Gasteiger partial charge < -0.3 is 10.1 Å². The Hall–Kier alpha value is -1.64. The monoisotopic (exact) mass is 283 g/mol. The lowest BCUT2D eigenvalue weighted by Gasteiger charge is -2.23. The number of hydrogen-bond acceptors (Lipinski definition) is 2. The van der Waals surface area contributed by atoms with Crippen LogP contribution < -0.4 is 5.32 Å². The zero-order valence-corrected chi connectivity index (χ0v) is 13.0. The topological polar surface area (TPSA) is 21.3 Å². The molecule has 0 amide bonds. The highest BCUT2D eigenvalue weighted by Crippen LogP contribution is 2.23. The minimum Gasteiger partial charge on any atom is -0.383 e. The zero-order chi connectivity index (χ0) is 14.9. The second kappa shape index (κ2) is 8.60. The molecule has 0 saturated heterocycles. The summed E-state index contributed by atoms with van der Waals surface area (Å²) >= 11 is 0. The highest BCUT2D eigenvalue weighted by molar-refractivity contribution is 5.32. The molecule has 1 N–H and O–H groups in total. The number of rotatable bonds is 8. The summed E-state index contributed by atoms with van der Waals surface area (Å²) in [6, 6.07) is 21.8. The number of ether oxygens (including phenoxy) is 1. The molecule has 112 valence electrons. The molecule has 2 heteroatoms. The van der Waals surface area contributed by atoms with Gasteiger partial charge in [0.2, 0.25) is 0 Å². The third kappa shape index (κ3) is 4.69. The van der Waals surface area contributed by atoms with E-state index in [0.717, 1.165) is 19.6 Å². The molecule has 1 unspecified atom stereocenters. The van der Waals surface area contributed by atoms with Crippen molar-refractivity contribution in [1.82, 2.24) is 5.32 Å². The van der Waals surface area contributed by atoms with Crippen LogP contribution in [0.3, 0.4) is 0 Å². The highest BCUT2D eigenvalue weighted by Gasteiger charge is 2.15. The fourth-order valence-corrected chi connectivity index (χ4v) is 2.61. The first-order chi connectivity index (χ1) is 10.3. The number of benzene rings is 2. The van der Waals surface area contributed by atoms with Gasteiger partial charge >= 0.3 is 0 Å². The van der Waals surface area contributed by atoms with Gasteiger partial charge in [-0.2, -0.15) is 0 Å². The molecule has 0 aliphatic rings. The van der Waals surface area contributed by atoms with Crippen LogP contribution in [-0.4, -0.2) is 26.3 Å². The van der Waals surface area contributed by atoms with Crippen molar-refractivity contribution in [2.75, 3.05) is 20.3 Å². The quantitative estimate of drug-likeness (QED) is 0.795. The molecule has 2 aromatic rings. The molecule has 1 atom stereocenters. The number of nitrogens with one attached hydrogen (secondary N) is 1. The minimum absolute atomic E-state index is 0.373. The molecule has 0 fully saturated rings. The Bertz CT molecular complexity index is 458. The Labute approximate surface area is 128 Å². The number of hydrogen-bond donors (Lipinski definition) is 1. The Balaban J connectivity index is 2.13. The summed E-state index contributed by atoms with van der Waals surface area (Å²) < 4.78 is 5.28. The maximum absolute atomic E-state index is 5.28. The summed E-state index contributed by atoms with van der Waals surface area (Å²) in [5, 5.41) is 3.64. The lowest BCUT2D eigenvalue weighted by atomic mass is 9.91. The van der Waals surface area contributed by atoms with Gasteiger partial charge in [-0.05, 0) is 17.5 Å². The summed E-state index contributed by atoms with van der Waals surface area (Å²) in [4.78, 5) is 0. The first kappa shape index (κ1) is 15.7. The van der Waals surface area contributed by atoms with Crippen molar-refractivity contribution < 1.29 is 4.74 Å². The van der Waals surface area contributed by atoms with E-state index in [1.807, 2.05) is 0 Å². The molecular formula is C19H25NO. The second-order valence-electron chi connectivity index (χ2n) is 5.34. The number of methoxy groups -OCH3 is 1. The Morgan fingerprint density at radius 2 is 1.43 bits per heavy atom. The van der Waals surface area contributed by atoms with Crippen LogP contribution in [0, 0.1) is 0 Å². The maximum Gasteiger partial charge on any atom is 0.0615 e. The second-order valence-corrected chi connectivity index (χ2v) is 5.34. The zero-order valence-electron chi connectivity index (χ0n) is 13.0. The van der Waals surface area contributed by atoms with Crippen LogP contribution >= 0.6 is 0 Å². The molecule has 0 aliphatic carbocycles. The molecule has 2 rings (SSSR count). The van der Waals surface area contributed by atoms with Gasteiger partial charge in [0.25, 0.3) is 0 Å². The Morgan fingerprint density at radius 1 is 0.905 bits per heavy atom. The van der Waals surface area contributed by atoms with Crippen LogP contribution in [0.25, 0.3) is 0 Å². The normalized spacial score (nSPS) is 12.5. The molecule has 0 saturated carbocycles. The van der Waals surface area contributed by atoms with E-state index in [-0.39, 0.29) is 0 Å². The van der Waals surface area contributed by atoms with Crippen LogP contribution in [-0.2, 0) is 4.74 Å². The van der Waals surface area contributed by atoms with Gasteiger partial charge in [0.15, 0.2) is 0 Å². The van der Waals surface area contributed by atoms with E-state index < -0.39 is 0 Å². The van der Waals surface area contributed by atoms with Crippen LogP contribution in [0.2, 0.25) is 0 Å². The molecule has 2 nitrogen and oxygen atoms in total. The first-order valence-corrected chi connectivity index (χ1v) is 7.67. The predicted octanol–water partition coefficient (Wildman–Crippen LogP) is 3.83. The molecule has 21 heavy (non-hydrogen) atoms. The van der Waals surface area contributed by atoms with Crippen molar-refractivity contribution in [2.24, 2.45) is 0 Å². The molecule has 0 heterocycles. The van der Waals surface area contributed by atoms with Gasteiger partial charge in [0, 0.05) is 25.6 Å². The van der Waals surface area contributed by atoms with Crippen molar-refractivity contribution in [2.45, 2.75) is 25.3 Å². The van der Waals surface area contributed by atoms with E-state index in [0.29, 0.717) is 12.0 Å². The van der Waals surface area contributed by atoms with Crippen LogP contribution in [0.15, 0.2) is 60.7 Å². The molecule has 0 bridgehead atoms. The van der Waals surface area contributed by atoms with E-state index >= 15 is 0 Å². The van der Waals surface area contributed by atoms with Gasteiger partial charge in [-0.15, -0.1) is 0 Å². The van der Waals surface area contributed by atoms with E-state index in [2.05, 4.69) is 72.9 Å². The average Bonchev–Trinajstić information content (AvgIpc) is 2.56. The van der Waals surface area contributed by atoms with Crippen LogP contribution in [0.5, 0.6) is 0 Å². The molecule has 0 aromatic heterocycles. The SMILES string of the molecule is CCC(COC)NCC(c1ccccc1)c1ccccc1. The molecule has 2 aromatic carbocycles. The fraction of sp³-hybridized carbons (Fsp3) is 0.368. The standard InChI is InChI=1S/C19H25NO/c1-3-18(15-21-2)20-14-19(16-10-6-4-7-11-16)17-12-8-5-9-13-17/h4-13,18-20H,3,14-15H2,1-2H3. The Morgan fingerprint density at radius 3 is 1.86 bits per heavy atom. The molecular weight excluding hydrogens is 258 g/mol. The van der Waals surface area contributed by atoms with E-state index in [1.54, 1.807) is 7.11 Å². The van der Waals surface area contributed by atoms with E-state index in [9.17, 15) is 0 Å². The third-order valence-electron chi connectivity index (χ3n) is 3.88. The largest absolute Gasteiger partial charge is 0.383 e. The van der Waals surface area contributed by atoms with E-state index in [4.69, 9.17) is 4.74 Å². The summed E-state index contributed by atoms with van der Waals surface area (Å²) in [7, 11) is 1.76. The van der Waals surface area contributed by atoms with Crippen molar-refractivity contribution in [3.8, 4) is 0 Å². The summed E-state index contributed by atoms with van der Waals surface area (Å²) in [5.41, 5.74) is 2.70. The van der Waals surface area contributed by atoms with Crippen LogP contribution in [0.4, 0.5) is 0 Å². The lowest BCUT2D eigenvalue weighted by Crippen LogP contribution is -2.35. The van der Waals surface area contributed by atoms with Crippen molar-refractivity contribution in [3.63, 3.8) is 0 Å². The van der Waals surface area contributed by atoms with Crippen LogP contribution in [0.1, 0.15) is 30.4 Å². The summed E-state index contributed by atoms with van der Waals surface area (Å²) in [6.07, 6.45) is 1.07. The maximum atomic E-state index is 5.28. The third-order valence-corrected chi connectivity index (χ3v) is 3.88. The summed E-state index contributed by atoms with van der Waals surface area (Å²) in [5.74, 6) is 0.373. The van der Waals surface area contributed by atoms with Gasteiger partial charge in [0.1, 0.15) is 0 Å². The van der Waals surface area contributed by atoms with Crippen molar-refractivity contribution in [1.29, 1.82) is 0 Å². The lowest BCUT2D eigenvalue weighted by molar-refractivity contribution is 0.164. The molecule has 0 aliphatic heterocycles. The average molecular weight is 283 g/mol. The van der Waals surface area contributed by atoms with Crippen molar-refractivity contribution in [3.05, 3.63) is 71.8 Å². The van der Waals surface area contributed by atoms with Gasteiger partial charge in [-0.25, -0.2) is 0 Å². The smallest absolute Gasteiger partial charge is 0.0615 e. The van der Waals surface area contributed by atoms with Gasteiger partial charge in [0.05, 0.1) is 6.61 Å². The minimum atomic E-state index is 0.373. The predicted molar refractivity (Wildman–Crippen MR) is 88.7 cm³/mol. The molecule has 0 spiro atoms. The molecule has 0 radical (unpaired) electrons. The summed E-state index contributed by atoms with van der Waals surface area (Å²) in [6.45, 7) is 3.87. The highest BCUT2D eigenvalue weighted by atomic mass is 16.5. The van der Waals surface area contributed by atoms with Crippen molar-refractivity contribution >= 4 is 0 Å². The van der Waals surface area contributed by atoms with Gasteiger partial charge in [-0.3, -0.25) is 0 Å². The van der Waals surface area contributed by atoms with E-state index in [1.165, 1.54) is 11.1 Å². The first-order valence-electron chi connectivity index (χ1n) is 7.67. The van der Waals surface area contributed by atoms with Gasteiger partial charge in [-0.1, -0.05) is 67.6 Å². The Kier molecular flexibility index (Phi) is 6.45. The fourth-order valence-electron chi connectivity index (χ4n) is 2.61.